The van der Waals surface area contributed by atoms with Crippen LogP contribution in [0.2, 0.25) is 0 Å². The molecule has 3 N–H and O–H groups in total. The van der Waals surface area contributed by atoms with Crippen LogP contribution in [0.1, 0.15) is 174 Å². The molecular formula is C41H73O9P. The molecule has 2 atom stereocenters. The molecule has 1 unspecified atom stereocenters. The minimum absolute atomic E-state index is 0.163. The number of hydrogen-bond acceptors (Lipinski definition) is 7. The fraction of sp³-hybridized carbons (Fsp3) is 0.756. The van der Waals surface area contributed by atoms with Crippen molar-refractivity contribution in [3.05, 3.63) is 48.6 Å². The van der Waals surface area contributed by atoms with E-state index in [1.807, 2.05) is 24.3 Å². The Morgan fingerprint density at radius 2 is 1.12 bits per heavy atom. The normalized spacial score (nSPS) is 13.6. The molecule has 0 saturated heterocycles. The minimum Gasteiger partial charge on any atom is -0.462 e. The van der Waals surface area contributed by atoms with E-state index in [9.17, 15) is 19.3 Å². The Labute approximate surface area is 310 Å². The Morgan fingerprint density at radius 3 is 1.67 bits per heavy atom. The number of carbonyl (C=O) groups is 2. The highest BCUT2D eigenvalue weighted by Gasteiger charge is 2.22. The standard InChI is InChI=1S/C41H73O9P/c1-3-5-7-8-9-10-11-12-13-14-15-16-17-20-23-26-30-34-40(43)48-36-39(37-49-51(45,46)47)50-41(44)35-31-27-24-21-18-19-22-25-29-33-38(42)32-28-6-4-2/h6,12-13,22,25,28-29,33,38-39,42H,3-5,7-11,14-21,23-24,26-27,30-32,34-37H2,1-2H3,(H2,45,46,47)/b13-12-,25-22+,28-6+,33-29+/t38?,39-/m1/s1. The van der Waals surface area contributed by atoms with Crippen molar-refractivity contribution < 1.29 is 43.0 Å². The molecule has 0 heterocycles. The van der Waals surface area contributed by atoms with Gasteiger partial charge in [0.05, 0.1) is 12.7 Å². The molecule has 0 rings (SSSR count). The van der Waals surface area contributed by atoms with Gasteiger partial charge in [0.25, 0.3) is 0 Å². The smallest absolute Gasteiger partial charge is 0.462 e. The van der Waals surface area contributed by atoms with Gasteiger partial charge in [0.15, 0.2) is 6.10 Å². The maximum Gasteiger partial charge on any atom is 0.469 e. The van der Waals surface area contributed by atoms with E-state index in [-0.39, 0.29) is 19.4 Å². The van der Waals surface area contributed by atoms with Gasteiger partial charge in [0.2, 0.25) is 0 Å². The second kappa shape index (κ2) is 36.3. The van der Waals surface area contributed by atoms with E-state index in [1.54, 1.807) is 6.08 Å². The molecule has 0 aromatic heterocycles. The number of aliphatic hydroxyl groups excluding tert-OH is 1. The minimum atomic E-state index is -4.77. The third kappa shape index (κ3) is 39.0. The lowest BCUT2D eigenvalue weighted by Crippen LogP contribution is -2.29. The average Bonchev–Trinajstić information content (AvgIpc) is 3.09. The summed E-state index contributed by atoms with van der Waals surface area (Å²) in [5.41, 5.74) is 0. The van der Waals surface area contributed by atoms with Crippen LogP contribution in [0.5, 0.6) is 0 Å². The molecule has 0 aromatic carbocycles. The van der Waals surface area contributed by atoms with Gasteiger partial charge >= 0.3 is 19.8 Å². The molecule has 0 aliphatic rings. The van der Waals surface area contributed by atoms with Crippen molar-refractivity contribution in [2.45, 2.75) is 187 Å². The summed E-state index contributed by atoms with van der Waals surface area (Å²) in [6.45, 7) is 3.44. The maximum absolute atomic E-state index is 12.4. The number of aliphatic hydroxyl groups is 1. The van der Waals surface area contributed by atoms with E-state index < -0.39 is 38.6 Å². The number of hydrogen-bond donors (Lipinski definition) is 3. The highest BCUT2D eigenvalue weighted by atomic mass is 31.2. The van der Waals surface area contributed by atoms with E-state index in [0.29, 0.717) is 19.3 Å². The van der Waals surface area contributed by atoms with Gasteiger partial charge in [0, 0.05) is 12.8 Å². The Bertz CT molecular complexity index is 986. The first-order chi connectivity index (χ1) is 24.7. The van der Waals surface area contributed by atoms with Crippen LogP contribution in [0.4, 0.5) is 0 Å². The summed E-state index contributed by atoms with van der Waals surface area (Å²) < 4.78 is 26.3. The summed E-state index contributed by atoms with van der Waals surface area (Å²) in [4.78, 5) is 42.8. The van der Waals surface area contributed by atoms with Gasteiger partial charge in [-0.05, 0) is 64.2 Å². The fourth-order valence-electron chi connectivity index (χ4n) is 5.40. The van der Waals surface area contributed by atoms with Crippen molar-refractivity contribution in [1.82, 2.24) is 0 Å². The second-order valence-corrected chi connectivity index (χ2v) is 14.7. The van der Waals surface area contributed by atoms with Crippen LogP contribution in [0.15, 0.2) is 48.6 Å². The molecular weight excluding hydrogens is 667 g/mol. The van der Waals surface area contributed by atoms with Crippen molar-refractivity contribution in [3.63, 3.8) is 0 Å². The molecule has 9 nitrogen and oxygen atoms in total. The quantitative estimate of drug-likeness (QED) is 0.0188. The van der Waals surface area contributed by atoms with Gasteiger partial charge in [-0.1, -0.05) is 146 Å². The van der Waals surface area contributed by atoms with Gasteiger partial charge in [-0.25, -0.2) is 4.57 Å². The van der Waals surface area contributed by atoms with Crippen LogP contribution < -0.4 is 0 Å². The Balaban J connectivity index is 4.01. The van der Waals surface area contributed by atoms with Crippen LogP contribution in [0.3, 0.4) is 0 Å². The van der Waals surface area contributed by atoms with Gasteiger partial charge in [0.1, 0.15) is 6.61 Å². The van der Waals surface area contributed by atoms with Gasteiger partial charge in [-0.3, -0.25) is 14.1 Å². The van der Waals surface area contributed by atoms with Crippen molar-refractivity contribution in [1.29, 1.82) is 0 Å². The van der Waals surface area contributed by atoms with Crippen LogP contribution in [-0.2, 0) is 28.2 Å². The molecule has 0 radical (unpaired) electrons. The second-order valence-electron chi connectivity index (χ2n) is 13.4. The summed E-state index contributed by atoms with van der Waals surface area (Å²) in [5, 5.41) is 9.83. The van der Waals surface area contributed by atoms with E-state index >= 15 is 0 Å². The monoisotopic (exact) mass is 740 g/mol. The SMILES string of the molecule is CC/C=C/CC(O)/C=C/C=C/CCCCCCCC(=O)O[C@H](COC(=O)CCCCCCCCC/C=C\CCCCCCCC)COP(=O)(O)O. The molecule has 0 aliphatic carbocycles. The Kier molecular flexibility index (Phi) is 34.9. The summed E-state index contributed by atoms with van der Waals surface area (Å²) in [7, 11) is -4.77. The van der Waals surface area contributed by atoms with Crippen LogP contribution in [-0.4, -0.2) is 52.3 Å². The third-order valence-electron chi connectivity index (χ3n) is 8.41. The molecule has 0 saturated carbocycles. The highest BCUT2D eigenvalue weighted by molar-refractivity contribution is 7.46. The zero-order valence-electron chi connectivity index (χ0n) is 32.1. The molecule has 0 bridgehead atoms. The van der Waals surface area contributed by atoms with E-state index in [2.05, 4.69) is 36.6 Å². The van der Waals surface area contributed by atoms with E-state index in [4.69, 9.17) is 19.3 Å². The maximum atomic E-state index is 12.4. The predicted molar refractivity (Wildman–Crippen MR) is 208 cm³/mol. The Morgan fingerprint density at radius 1 is 0.608 bits per heavy atom. The lowest BCUT2D eigenvalue weighted by atomic mass is 10.1. The summed E-state index contributed by atoms with van der Waals surface area (Å²) in [6.07, 6.45) is 40.2. The topological polar surface area (TPSA) is 140 Å². The lowest BCUT2D eigenvalue weighted by Gasteiger charge is -2.18. The zero-order chi connectivity index (χ0) is 37.7. The fourth-order valence-corrected chi connectivity index (χ4v) is 5.76. The average molecular weight is 741 g/mol. The van der Waals surface area contributed by atoms with Gasteiger partial charge in [-0.15, -0.1) is 0 Å². The summed E-state index contributed by atoms with van der Waals surface area (Å²) >= 11 is 0. The van der Waals surface area contributed by atoms with Crippen molar-refractivity contribution in [2.24, 2.45) is 0 Å². The predicted octanol–water partition coefficient (Wildman–Crippen LogP) is 10.9. The summed E-state index contributed by atoms with van der Waals surface area (Å²) in [5.74, 6) is -0.945. The highest BCUT2D eigenvalue weighted by Crippen LogP contribution is 2.36. The van der Waals surface area contributed by atoms with E-state index in [0.717, 1.165) is 64.2 Å². The molecule has 0 spiro atoms. The number of carbonyl (C=O) groups excluding carboxylic acids is 2. The molecule has 0 aromatic rings. The Hall–Kier alpha value is -2.03. The zero-order valence-corrected chi connectivity index (χ0v) is 33.0. The number of ether oxygens (including phenoxy) is 2. The van der Waals surface area contributed by atoms with Crippen molar-refractivity contribution >= 4 is 19.8 Å². The largest absolute Gasteiger partial charge is 0.469 e. The number of unbranched alkanes of at least 4 members (excludes halogenated alkanes) is 18. The molecule has 10 heteroatoms. The molecule has 0 amide bonds. The van der Waals surface area contributed by atoms with Crippen molar-refractivity contribution in [2.75, 3.05) is 13.2 Å². The first-order valence-electron chi connectivity index (χ1n) is 20.0. The molecule has 0 aliphatic heterocycles. The number of phosphoric ester groups is 1. The number of phosphoric acid groups is 1. The molecule has 51 heavy (non-hydrogen) atoms. The molecule has 0 fully saturated rings. The van der Waals surface area contributed by atoms with Crippen LogP contribution >= 0.6 is 7.82 Å². The van der Waals surface area contributed by atoms with Crippen molar-refractivity contribution in [3.8, 4) is 0 Å². The van der Waals surface area contributed by atoms with Gasteiger partial charge < -0.3 is 24.4 Å². The van der Waals surface area contributed by atoms with Crippen LogP contribution in [0, 0.1) is 0 Å². The number of allylic oxidation sites excluding steroid dienone is 6. The van der Waals surface area contributed by atoms with Crippen LogP contribution in [0.25, 0.3) is 0 Å². The third-order valence-corrected chi connectivity index (χ3v) is 8.90. The van der Waals surface area contributed by atoms with E-state index in [1.165, 1.54) is 64.2 Å². The molecule has 296 valence electrons. The number of rotatable bonds is 36. The first kappa shape index (κ1) is 49.0. The number of esters is 2. The first-order valence-corrected chi connectivity index (χ1v) is 21.6. The lowest BCUT2D eigenvalue weighted by molar-refractivity contribution is -0.161. The summed E-state index contributed by atoms with van der Waals surface area (Å²) in [6, 6.07) is 0. The van der Waals surface area contributed by atoms with Gasteiger partial charge in [-0.2, -0.15) is 0 Å².